The fourth-order valence-electron chi connectivity index (χ4n) is 1.51. The Hall–Kier alpha value is -0.830. The van der Waals surface area contributed by atoms with Crippen molar-refractivity contribution in [3.8, 4) is 0 Å². The summed E-state index contributed by atoms with van der Waals surface area (Å²) in [6.07, 6.45) is 3.31. The summed E-state index contributed by atoms with van der Waals surface area (Å²) in [4.78, 5) is 0. The summed E-state index contributed by atoms with van der Waals surface area (Å²) < 4.78 is 0. The number of hydrogen-bond acceptors (Lipinski definition) is 2. The number of aromatic amines is 1. The molecule has 1 aromatic heterocycles. The lowest BCUT2D eigenvalue weighted by Gasteiger charge is -2.18. The lowest BCUT2D eigenvalue weighted by atomic mass is 9.88. The van der Waals surface area contributed by atoms with Gasteiger partial charge < -0.3 is 5.11 Å². The van der Waals surface area contributed by atoms with Gasteiger partial charge in [-0.05, 0) is 25.3 Å². The lowest BCUT2D eigenvalue weighted by molar-refractivity contribution is 0.184. The van der Waals surface area contributed by atoms with E-state index in [9.17, 15) is 5.11 Å². The fourth-order valence-corrected chi connectivity index (χ4v) is 1.51. The average molecular weight is 196 g/mol. The second-order valence-corrected chi connectivity index (χ2v) is 4.91. The summed E-state index contributed by atoms with van der Waals surface area (Å²) in [5.74, 6) is 0. The molecule has 1 heterocycles. The standard InChI is InChI=1S/C11H20N2O/c1-8(14)5-6-9-7-12-13-10(9)11(2,3)4/h7-8,14H,5-6H2,1-4H3,(H,12,13)/t8-/m1/s1. The van der Waals surface area contributed by atoms with Crippen LogP contribution in [0.15, 0.2) is 6.20 Å². The summed E-state index contributed by atoms with van der Waals surface area (Å²) in [5, 5.41) is 16.3. The number of hydrogen-bond donors (Lipinski definition) is 2. The molecule has 0 fully saturated rings. The molecule has 3 nitrogen and oxygen atoms in total. The Morgan fingerprint density at radius 3 is 2.64 bits per heavy atom. The van der Waals surface area contributed by atoms with Crippen molar-refractivity contribution in [1.29, 1.82) is 0 Å². The zero-order valence-corrected chi connectivity index (χ0v) is 9.46. The van der Waals surface area contributed by atoms with Gasteiger partial charge in [-0.25, -0.2) is 0 Å². The normalized spacial score (nSPS) is 14.4. The van der Waals surface area contributed by atoms with E-state index in [1.807, 2.05) is 13.1 Å². The molecule has 14 heavy (non-hydrogen) atoms. The van der Waals surface area contributed by atoms with Crippen LogP contribution in [0.1, 0.15) is 45.4 Å². The first kappa shape index (κ1) is 11.2. The van der Waals surface area contributed by atoms with E-state index in [0.29, 0.717) is 0 Å². The Kier molecular flexibility index (Phi) is 3.32. The highest BCUT2D eigenvalue weighted by Crippen LogP contribution is 2.24. The molecule has 80 valence electrons. The van der Waals surface area contributed by atoms with Gasteiger partial charge >= 0.3 is 0 Å². The number of nitrogens with zero attached hydrogens (tertiary/aromatic N) is 1. The minimum Gasteiger partial charge on any atom is -0.393 e. The predicted molar refractivity (Wildman–Crippen MR) is 57.3 cm³/mol. The maximum atomic E-state index is 9.21. The summed E-state index contributed by atoms with van der Waals surface area (Å²) in [7, 11) is 0. The second-order valence-electron chi connectivity index (χ2n) is 4.91. The van der Waals surface area contributed by atoms with E-state index in [4.69, 9.17) is 0 Å². The molecule has 3 heteroatoms. The molecule has 0 radical (unpaired) electrons. The molecule has 0 aliphatic rings. The van der Waals surface area contributed by atoms with Crippen LogP contribution in [-0.2, 0) is 11.8 Å². The summed E-state index contributed by atoms with van der Waals surface area (Å²) in [6, 6.07) is 0. The van der Waals surface area contributed by atoms with Gasteiger partial charge in [-0.15, -0.1) is 0 Å². The first-order valence-corrected chi connectivity index (χ1v) is 5.12. The minimum atomic E-state index is -0.238. The predicted octanol–water partition coefficient (Wildman–Crippen LogP) is 2.02. The molecule has 1 atom stereocenters. The molecule has 0 spiro atoms. The van der Waals surface area contributed by atoms with Crippen LogP contribution in [0.25, 0.3) is 0 Å². The second kappa shape index (κ2) is 4.13. The van der Waals surface area contributed by atoms with Gasteiger partial charge in [0, 0.05) is 11.1 Å². The van der Waals surface area contributed by atoms with Gasteiger partial charge in [0.25, 0.3) is 0 Å². The molecular weight excluding hydrogens is 176 g/mol. The minimum absolute atomic E-state index is 0.102. The summed E-state index contributed by atoms with van der Waals surface area (Å²) in [6.45, 7) is 8.29. The third-order valence-electron chi connectivity index (χ3n) is 2.30. The van der Waals surface area contributed by atoms with Crippen LogP contribution in [0, 0.1) is 0 Å². The number of aryl methyl sites for hydroxylation is 1. The van der Waals surface area contributed by atoms with Crippen LogP contribution in [0.4, 0.5) is 0 Å². The van der Waals surface area contributed by atoms with E-state index >= 15 is 0 Å². The molecule has 2 N–H and O–H groups in total. The maximum Gasteiger partial charge on any atom is 0.0522 e. The van der Waals surface area contributed by atoms with E-state index in [-0.39, 0.29) is 11.5 Å². The van der Waals surface area contributed by atoms with Gasteiger partial charge in [-0.1, -0.05) is 20.8 Å². The zero-order valence-electron chi connectivity index (χ0n) is 9.46. The highest BCUT2D eigenvalue weighted by molar-refractivity contribution is 5.23. The van der Waals surface area contributed by atoms with Gasteiger partial charge in [0.1, 0.15) is 0 Å². The number of rotatable bonds is 3. The van der Waals surface area contributed by atoms with Crippen LogP contribution in [0.5, 0.6) is 0 Å². The SMILES string of the molecule is C[C@@H](O)CCc1cn[nH]c1C(C)(C)C. The molecular formula is C11H20N2O. The van der Waals surface area contributed by atoms with Crippen molar-refractivity contribution in [3.05, 3.63) is 17.5 Å². The third kappa shape index (κ3) is 2.84. The van der Waals surface area contributed by atoms with Crippen molar-refractivity contribution < 1.29 is 5.11 Å². The van der Waals surface area contributed by atoms with Crippen molar-refractivity contribution >= 4 is 0 Å². The first-order chi connectivity index (χ1) is 6.41. The van der Waals surface area contributed by atoms with E-state index in [1.165, 1.54) is 11.3 Å². The summed E-state index contributed by atoms with van der Waals surface area (Å²) in [5.41, 5.74) is 2.50. The quantitative estimate of drug-likeness (QED) is 0.777. The highest BCUT2D eigenvalue weighted by Gasteiger charge is 2.19. The lowest BCUT2D eigenvalue weighted by Crippen LogP contribution is -2.15. The topological polar surface area (TPSA) is 48.9 Å². The molecule has 0 aliphatic carbocycles. The van der Waals surface area contributed by atoms with E-state index < -0.39 is 0 Å². The third-order valence-corrected chi connectivity index (χ3v) is 2.30. The highest BCUT2D eigenvalue weighted by atomic mass is 16.3. The van der Waals surface area contributed by atoms with Gasteiger partial charge in [-0.3, -0.25) is 5.10 Å². The Balaban J connectivity index is 2.73. The largest absolute Gasteiger partial charge is 0.393 e. The smallest absolute Gasteiger partial charge is 0.0522 e. The van der Waals surface area contributed by atoms with Crippen LogP contribution in [0.3, 0.4) is 0 Å². The molecule has 0 unspecified atom stereocenters. The van der Waals surface area contributed by atoms with Crippen molar-refractivity contribution in [2.75, 3.05) is 0 Å². The average Bonchev–Trinajstić information content (AvgIpc) is 2.46. The van der Waals surface area contributed by atoms with Crippen LogP contribution < -0.4 is 0 Å². The number of nitrogens with one attached hydrogen (secondary N) is 1. The molecule has 0 saturated heterocycles. The molecule has 0 amide bonds. The van der Waals surface area contributed by atoms with Crippen LogP contribution >= 0.6 is 0 Å². The van der Waals surface area contributed by atoms with Crippen molar-refractivity contribution in [2.45, 2.75) is 52.1 Å². The fraction of sp³-hybridized carbons (Fsp3) is 0.727. The van der Waals surface area contributed by atoms with Crippen molar-refractivity contribution in [1.82, 2.24) is 10.2 Å². The summed E-state index contributed by atoms with van der Waals surface area (Å²) >= 11 is 0. The van der Waals surface area contributed by atoms with Crippen molar-refractivity contribution in [3.63, 3.8) is 0 Å². The van der Waals surface area contributed by atoms with Crippen molar-refractivity contribution in [2.24, 2.45) is 0 Å². The number of aliphatic hydroxyl groups excluding tert-OH is 1. The Morgan fingerprint density at radius 2 is 2.14 bits per heavy atom. The molecule has 0 aromatic carbocycles. The Labute approximate surface area is 85.5 Å². The van der Waals surface area contributed by atoms with Gasteiger partial charge in [0.05, 0.1) is 12.3 Å². The monoisotopic (exact) mass is 196 g/mol. The molecule has 1 aromatic rings. The zero-order chi connectivity index (χ0) is 10.8. The van der Waals surface area contributed by atoms with Gasteiger partial charge in [0.2, 0.25) is 0 Å². The molecule has 0 saturated carbocycles. The van der Waals surface area contributed by atoms with E-state index in [1.54, 1.807) is 0 Å². The first-order valence-electron chi connectivity index (χ1n) is 5.12. The molecule has 0 bridgehead atoms. The Bertz CT molecular complexity index is 284. The van der Waals surface area contributed by atoms with Gasteiger partial charge in [0.15, 0.2) is 0 Å². The van der Waals surface area contributed by atoms with Gasteiger partial charge in [-0.2, -0.15) is 5.10 Å². The van der Waals surface area contributed by atoms with Crippen LogP contribution in [-0.4, -0.2) is 21.4 Å². The number of aromatic nitrogens is 2. The number of aliphatic hydroxyl groups is 1. The van der Waals surface area contributed by atoms with E-state index in [0.717, 1.165) is 12.8 Å². The maximum absolute atomic E-state index is 9.21. The molecule has 1 rings (SSSR count). The van der Waals surface area contributed by atoms with Crippen LogP contribution in [0.2, 0.25) is 0 Å². The Morgan fingerprint density at radius 1 is 1.50 bits per heavy atom. The molecule has 0 aliphatic heterocycles. The number of H-pyrrole nitrogens is 1. The van der Waals surface area contributed by atoms with E-state index in [2.05, 4.69) is 31.0 Å².